The van der Waals surface area contributed by atoms with Crippen molar-refractivity contribution in [1.29, 1.82) is 0 Å². The molecule has 0 saturated carbocycles. The second-order valence-electron chi connectivity index (χ2n) is 14.6. The molecular weight excluding hydrogens is 677 g/mol. The second kappa shape index (κ2) is 34.7. The highest BCUT2D eigenvalue weighted by Crippen LogP contribution is 2.38. The van der Waals surface area contributed by atoms with Gasteiger partial charge in [0.1, 0.15) is 19.8 Å². The maximum absolute atomic E-state index is 12.6. The Kier molecular flexibility index (Phi) is 33.4. The molecule has 0 aliphatic heterocycles. The van der Waals surface area contributed by atoms with Gasteiger partial charge in [-0.05, 0) is 51.4 Å². The predicted molar refractivity (Wildman–Crippen MR) is 213 cm³/mol. The standard InChI is InChI=1S/C42H76NO8P/c1-6-8-10-12-14-15-16-17-18-19-20-21-22-23-24-25-26-27-29-31-33-35-42(45)51-40(39-50-52(46,47)49-37-36-43(3,4)5)38-48-41(44)34-32-30-28-13-11-9-7-2/h8,10,14-15,17-18,20-21,40H,6-7,9,11-13,16,19,22-39H2,1-5H3/b10-8-,15-14-,18-17-,21-20-. The molecular formula is C42H76NO8P. The van der Waals surface area contributed by atoms with Crippen molar-refractivity contribution in [3.05, 3.63) is 48.6 Å². The number of ether oxygens (including phenoxy) is 2. The first-order valence-corrected chi connectivity index (χ1v) is 21.8. The number of nitrogens with zero attached hydrogens (tertiary/aromatic N) is 1. The maximum Gasteiger partial charge on any atom is 0.306 e. The lowest BCUT2D eigenvalue weighted by Gasteiger charge is -2.28. The molecule has 0 heterocycles. The molecule has 52 heavy (non-hydrogen) atoms. The number of carbonyl (C=O) groups excluding carboxylic acids is 2. The number of rotatable bonds is 36. The highest BCUT2D eigenvalue weighted by Gasteiger charge is 2.21. The minimum absolute atomic E-state index is 0.0335. The molecule has 0 saturated heterocycles. The third kappa shape index (κ3) is 37.7. The number of carbonyl (C=O) groups is 2. The van der Waals surface area contributed by atoms with E-state index in [1.54, 1.807) is 0 Å². The number of allylic oxidation sites excluding steroid dienone is 8. The SMILES string of the molecule is CC/C=C\C/C=C\C/C=C\C/C=C\CCCCCCCCCCC(=O)OC(COC(=O)CCCCCCCCC)COP(=O)([O-])OCC[N+](C)(C)C. The molecule has 0 amide bonds. The first-order chi connectivity index (χ1) is 25.0. The minimum Gasteiger partial charge on any atom is -0.756 e. The third-order valence-electron chi connectivity index (χ3n) is 8.36. The summed E-state index contributed by atoms with van der Waals surface area (Å²) in [7, 11) is 1.15. The third-order valence-corrected chi connectivity index (χ3v) is 9.33. The first kappa shape index (κ1) is 50.0. The number of unbranched alkanes of at least 4 members (excludes halogenated alkanes) is 14. The van der Waals surface area contributed by atoms with E-state index in [0.717, 1.165) is 77.0 Å². The van der Waals surface area contributed by atoms with E-state index in [9.17, 15) is 19.0 Å². The van der Waals surface area contributed by atoms with Gasteiger partial charge in [-0.1, -0.05) is 140 Å². The van der Waals surface area contributed by atoms with Crippen LogP contribution >= 0.6 is 7.82 Å². The summed E-state index contributed by atoms with van der Waals surface area (Å²) in [6, 6.07) is 0. The van der Waals surface area contributed by atoms with Crippen LogP contribution in [0.15, 0.2) is 48.6 Å². The summed E-state index contributed by atoms with van der Waals surface area (Å²) >= 11 is 0. The number of phosphoric acid groups is 1. The summed E-state index contributed by atoms with van der Waals surface area (Å²) < 4.78 is 33.7. The van der Waals surface area contributed by atoms with Crippen molar-refractivity contribution in [3.8, 4) is 0 Å². The van der Waals surface area contributed by atoms with Gasteiger partial charge in [0.25, 0.3) is 7.82 Å². The molecule has 0 aromatic rings. The average Bonchev–Trinajstić information content (AvgIpc) is 3.09. The summed E-state index contributed by atoms with van der Waals surface area (Å²) in [5.41, 5.74) is 0. The quantitative estimate of drug-likeness (QED) is 0.0204. The van der Waals surface area contributed by atoms with Crippen LogP contribution in [0.25, 0.3) is 0 Å². The molecule has 0 N–H and O–H groups in total. The van der Waals surface area contributed by atoms with Gasteiger partial charge in [-0.3, -0.25) is 14.2 Å². The van der Waals surface area contributed by atoms with Crippen LogP contribution in [0.3, 0.4) is 0 Å². The van der Waals surface area contributed by atoms with Crippen LogP contribution < -0.4 is 4.89 Å². The lowest BCUT2D eigenvalue weighted by atomic mass is 10.1. The molecule has 0 radical (unpaired) electrons. The van der Waals surface area contributed by atoms with Gasteiger partial charge < -0.3 is 27.9 Å². The molecule has 0 aromatic heterocycles. The second-order valence-corrected chi connectivity index (χ2v) is 16.0. The molecule has 302 valence electrons. The zero-order valence-electron chi connectivity index (χ0n) is 33.7. The van der Waals surface area contributed by atoms with Crippen molar-refractivity contribution in [2.75, 3.05) is 47.5 Å². The number of phosphoric ester groups is 1. The Balaban J connectivity index is 4.28. The van der Waals surface area contributed by atoms with Crippen molar-refractivity contribution in [1.82, 2.24) is 0 Å². The van der Waals surface area contributed by atoms with Gasteiger partial charge in [-0.15, -0.1) is 0 Å². The zero-order valence-corrected chi connectivity index (χ0v) is 34.6. The molecule has 9 nitrogen and oxygen atoms in total. The number of hydrogen-bond donors (Lipinski definition) is 0. The van der Waals surface area contributed by atoms with Crippen LogP contribution in [0, 0.1) is 0 Å². The van der Waals surface area contributed by atoms with E-state index in [0.29, 0.717) is 17.4 Å². The molecule has 0 aromatic carbocycles. The van der Waals surface area contributed by atoms with Gasteiger partial charge >= 0.3 is 11.9 Å². The van der Waals surface area contributed by atoms with Crippen LogP contribution in [0.4, 0.5) is 0 Å². The van der Waals surface area contributed by atoms with Gasteiger partial charge in [-0.2, -0.15) is 0 Å². The lowest BCUT2D eigenvalue weighted by Crippen LogP contribution is -2.37. The van der Waals surface area contributed by atoms with Gasteiger partial charge in [0.15, 0.2) is 6.10 Å². The molecule has 0 fully saturated rings. The van der Waals surface area contributed by atoms with Crippen molar-refractivity contribution in [3.63, 3.8) is 0 Å². The monoisotopic (exact) mass is 754 g/mol. The summed E-state index contributed by atoms with van der Waals surface area (Å²) in [6.07, 6.45) is 38.7. The summed E-state index contributed by atoms with van der Waals surface area (Å²) in [5.74, 6) is -0.854. The number of esters is 2. The van der Waals surface area contributed by atoms with Crippen LogP contribution in [-0.4, -0.2) is 70.0 Å². The molecule has 2 atom stereocenters. The van der Waals surface area contributed by atoms with Crippen LogP contribution in [0.2, 0.25) is 0 Å². The van der Waals surface area contributed by atoms with E-state index in [-0.39, 0.29) is 26.1 Å². The molecule has 0 spiro atoms. The van der Waals surface area contributed by atoms with E-state index in [2.05, 4.69) is 62.5 Å². The zero-order chi connectivity index (χ0) is 38.6. The maximum atomic E-state index is 12.6. The van der Waals surface area contributed by atoms with E-state index in [1.807, 2.05) is 21.1 Å². The van der Waals surface area contributed by atoms with Crippen LogP contribution in [0.5, 0.6) is 0 Å². The Hall–Kier alpha value is -2.03. The minimum atomic E-state index is -4.62. The van der Waals surface area contributed by atoms with Crippen molar-refractivity contribution in [2.24, 2.45) is 0 Å². The Morgan fingerprint density at radius 1 is 0.615 bits per heavy atom. The van der Waals surface area contributed by atoms with Crippen molar-refractivity contribution < 1.29 is 42.1 Å². The van der Waals surface area contributed by atoms with E-state index < -0.39 is 32.5 Å². The summed E-state index contributed by atoms with van der Waals surface area (Å²) in [5, 5.41) is 0. The van der Waals surface area contributed by atoms with Gasteiger partial charge in [0.05, 0.1) is 27.7 Å². The average molecular weight is 754 g/mol. The number of quaternary nitrogens is 1. The summed E-state index contributed by atoms with van der Waals surface area (Å²) in [6.45, 7) is 4.04. The lowest BCUT2D eigenvalue weighted by molar-refractivity contribution is -0.870. The topological polar surface area (TPSA) is 111 Å². The highest BCUT2D eigenvalue weighted by molar-refractivity contribution is 7.45. The largest absolute Gasteiger partial charge is 0.756 e. The van der Waals surface area contributed by atoms with Crippen LogP contribution in [-0.2, 0) is 32.7 Å². The number of likely N-dealkylation sites (N-methyl/N-ethyl adjacent to an activating group) is 1. The Bertz CT molecular complexity index is 1030. The Morgan fingerprint density at radius 2 is 1.10 bits per heavy atom. The number of hydrogen-bond acceptors (Lipinski definition) is 8. The highest BCUT2D eigenvalue weighted by atomic mass is 31.2. The molecule has 2 unspecified atom stereocenters. The first-order valence-electron chi connectivity index (χ1n) is 20.3. The van der Waals surface area contributed by atoms with E-state index >= 15 is 0 Å². The molecule has 0 rings (SSSR count). The fourth-order valence-corrected chi connectivity index (χ4v) is 5.90. The molecule has 0 bridgehead atoms. The summed E-state index contributed by atoms with van der Waals surface area (Å²) in [4.78, 5) is 37.2. The van der Waals surface area contributed by atoms with Crippen molar-refractivity contribution in [2.45, 2.75) is 161 Å². The Morgan fingerprint density at radius 3 is 1.63 bits per heavy atom. The van der Waals surface area contributed by atoms with Gasteiger partial charge in [0.2, 0.25) is 0 Å². The van der Waals surface area contributed by atoms with Crippen LogP contribution in [0.1, 0.15) is 155 Å². The smallest absolute Gasteiger partial charge is 0.306 e. The molecule has 0 aliphatic rings. The van der Waals surface area contributed by atoms with Gasteiger partial charge in [-0.25, -0.2) is 0 Å². The molecule has 10 heteroatoms. The van der Waals surface area contributed by atoms with Crippen molar-refractivity contribution >= 4 is 19.8 Å². The Labute approximate surface area is 318 Å². The van der Waals surface area contributed by atoms with E-state index in [1.165, 1.54) is 44.9 Å². The predicted octanol–water partition coefficient (Wildman–Crippen LogP) is 10.5. The van der Waals surface area contributed by atoms with Gasteiger partial charge in [0, 0.05) is 12.8 Å². The van der Waals surface area contributed by atoms with E-state index in [4.69, 9.17) is 18.5 Å². The fraction of sp³-hybridized carbons (Fsp3) is 0.762. The molecule has 0 aliphatic carbocycles. The fourth-order valence-electron chi connectivity index (χ4n) is 5.17. The normalized spacial score (nSPS) is 14.2.